The Hall–Kier alpha value is -0.670. The SMILES string of the molecule is C=C[C@H]1C(C)(C)C(=O)C2C[C@]1(C)[C@H](O)[C@]21CO1. The molecule has 3 aliphatic rings. The van der Waals surface area contributed by atoms with Crippen LogP contribution in [-0.4, -0.2) is 29.2 Å². The van der Waals surface area contributed by atoms with E-state index in [1.807, 2.05) is 19.9 Å². The van der Waals surface area contributed by atoms with E-state index in [1.165, 1.54) is 0 Å². The van der Waals surface area contributed by atoms with Gasteiger partial charge in [0, 0.05) is 10.8 Å². The van der Waals surface area contributed by atoms with Gasteiger partial charge in [-0.15, -0.1) is 6.58 Å². The number of hydrogen-bond donors (Lipinski definition) is 1. The lowest BCUT2D eigenvalue weighted by Crippen LogP contribution is -2.49. The van der Waals surface area contributed by atoms with Crippen LogP contribution in [0.3, 0.4) is 0 Å². The second kappa shape index (κ2) is 2.83. The van der Waals surface area contributed by atoms with Crippen molar-refractivity contribution < 1.29 is 14.6 Å². The summed E-state index contributed by atoms with van der Waals surface area (Å²) in [6, 6.07) is 0. The van der Waals surface area contributed by atoms with E-state index in [1.54, 1.807) is 0 Å². The first kappa shape index (κ1) is 11.4. The van der Waals surface area contributed by atoms with Crippen molar-refractivity contribution in [1.82, 2.24) is 0 Å². The highest BCUT2D eigenvalue weighted by atomic mass is 16.6. The van der Waals surface area contributed by atoms with Gasteiger partial charge in [-0.3, -0.25) is 4.79 Å². The minimum Gasteiger partial charge on any atom is -0.389 e. The van der Waals surface area contributed by atoms with Gasteiger partial charge in [0.1, 0.15) is 11.4 Å². The van der Waals surface area contributed by atoms with Gasteiger partial charge in [0.05, 0.1) is 18.6 Å². The molecule has 0 aromatic carbocycles. The molecule has 0 aromatic heterocycles. The lowest BCUT2D eigenvalue weighted by atomic mass is 9.56. The van der Waals surface area contributed by atoms with Gasteiger partial charge in [-0.2, -0.15) is 0 Å². The van der Waals surface area contributed by atoms with E-state index in [-0.39, 0.29) is 23.0 Å². The van der Waals surface area contributed by atoms with Crippen LogP contribution < -0.4 is 0 Å². The monoisotopic (exact) mass is 236 g/mol. The van der Waals surface area contributed by atoms with Crippen LogP contribution in [0.15, 0.2) is 12.7 Å². The van der Waals surface area contributed by atoms with Gasteiger partial charge in [-0.25, -0.2) is 0 Å². The zero-order chi connectivity index (χ0) is 12.6. The zero-order valence-electron chi connectivity index (χ0n) is 10.7. The first-order chi connectivity index (χ1) is 7.80. The summed E-state index contributed by atoms with van der Waals surface area (Å²) in [5.41, 5.74) is -1.29. The smallest absolute Gasteiger partial charge is 0.145 e. The predicted molar refractivity (Wildman–Crippen MR) is 63.4 cm³/mol. The van der Waals surface area contributed by atoms with Crippen molar-refractivity contribution in [2.24, 2.45) is 22.7 Å². The predicted octanol–water partition coefficient (Wildman–Crippen LogP) is 1.55. The summed E-state index contributed by atoms with van der Waals surface area (Å²) in [6.07, 6.45) is 2.03. The third kappa shape index (κ3) is 1.03. The Labute approximate surface area is 102 Å². The molecule has 2 aliphatic carbocycles. The maximum atomic E-state index is 12.6. The van der Waals surface area contributed by atoms with Gasteiger partial charge in [0.25, 0.3) is 0 Å². The highest BCUT2D eigenvalue weighted by Crippen LogP contribution is 2.67. The number of carbonyl (C=O) groups is 1. The Morgan fingerprint density at radius 2 is 2.06 bits per heavy atom. The van der Waals surface area contributed by atoms with Crippen LogP contribution in [0, 0.1) is 22.7 Å². The van der Waals surface area contributed by atoms with Gasteiger partial charge in [-0.05, 0) is 12.3 Å². The molecule has 1 N–H and O–H groups in total. The van der Waals surface area contributed by atoms with E-state index in [2.05, 4.69) is 13.5 Å². The Kier molecular flexibility index (Phi) is 1.90. The largest absolute Gasteiger partial charge is 0.389 e. The Morgan fingerprint density at radius 3 is 2.53 bits per heavy atom. The molecule has 17 heavy (non-hydrogen) atoms. The molecule has 1 spiro atoms. The van der Waals surface area contributed by atoms with Crippen molar-refractivity contribution in [3.05, 3.63) is 12.7 Å². The molecule has 3 rings (SSSR count). The standard InChI is InChI=1S/C14H20O3/c1-5-9-12(2,3)10(15)8-6-13(9,4)11(16)14(8)7-17-14/h5,8-9,11,16H,1,6-7H2,2-4H3/t8?,9-,11-,13-,14-/m0/s1. The van der Waals surface area contributed by atoms with Crippen molar-refractivity contribution >= 4 is 5.78 Å². The fourth-order valence-electron chi connectivity index (χ4n) is 4.52. The van der Waals surface area contributed by atoms with E-state index in [0.29, 0.717) is 6.61 Å². The lowest BCUT2D eigenvalue weighted by Gasteiger charge is -2.46. The van der Waals surface area contributed by atoms with Gasteiger partial charge < -0.3 is 9.84 Å². The van der Waals surface area contributed by atoms with Crippen LogP contribution in [0.2, 0.25) is 0 Å². The fraction of sp³-hybridized carbons (Fsp3) is 0.786. The molecule has 3 heteroatoms. The maximum Gasteiger partial charge on any atom is 0.145 e. The van der Waals surface area contributed by atoms with Crippen molar-refractivity contribution in [3.63, 3.8) is 0 Å². The average molecular weight is 236 g/mol. The highest BCUT2D eigenvalue weighted by molar-refractivity contribution is 5.90. The number of rotatable bonds is 1. The van der Waals surface area contributed by atoms with E-state index in [9.17, 15) is 9.90 Å². The number of ether oxygens (including phenoxy) is 1. The number of allylic oxidation sites excluding steroid dienone is 1. The summed E-state index contributed by atoms with van der Waals surface area (Å²) in [4.78, 5) is 12.6. The van der Waals surface area contributed by atoms with Crippen LogP contribution in [-0.2, 0) is 9.53 Å². The van der Waals surface area contributed by atoms with E-state index in [4.69, 9.17) is 4.74 Å². The Bertz CT molecular complexity index is 408. The number of carbonyl (C=O) groups excluding carboxylic acids is 1. The topological polar surface area (TPSA) is 49.8 Å². The summed E-state index contributed by atoms with van der Waals surface area (Å²) in [5, 5.41) is 10.6. The first-order valence-corrected chi connectivity index (χ1v) is 6.29. The molecular weight excluding hydrogens is 216 g/mol. The number of Topliss-reactive ketones (excluding diaryl/α,β-unsaturated/α-hetero) is 1. The average Bonchev–Trinajstić information content (AvgIpc) is 3.00. The second-order valence-corrected chi connectivity index (χ2v) is 6.71. The number of hydrogen-bond acceptors (Lipinski definition) is 3. The molecule has 94 valence electrons. The quantitative estimate of drug-likeness (QED) is 0.555. The van der Waals surface area contributed by atoms with Gasteiger partial charge >= 0.3 is 0 Å². The molecule has 0 radical (unpaired) electrons. The fourth-order valence-corrected chi connectivity index (χ4v) is 4.52. The number of aliphatic hydroxyl groups excluding tert-OH is 1. The number of fused-ring (bicyclic) bond motifs is 3. The minimum atomic E-state index is -0.569. The number of aliphatic hydroxyl groups is 1. The Balaban J connectivity index is 2.16. The van der Waals surface area contributed by atoms with Crippen molar-refractivity contribution in [2.45, 2.75) is 38.9 Å². The third-order valence-electron chi connectivity index (χ3n) is 5.47. The Morgan fingerprint density at radius 1 is 1.47 bits per heavy atom. The first-order valence-electron chi connectivity index (χ1n) is 6.29. The van der Waals surface area contributed by atoms with Gasteiger partial charge in [0.15, 0.2) is 0 Å². The highest BCUT2D eigenvalue weighted by Gasteiger charge is 2.76. The summed E-state index contributed by atoms with van der Waals surface area (Å²) in [7, 11) is 0. The summed E-state index contributed by atoms with van der Waals surface area (Å²) in [6.45, 7) is 10.4. The molecule has 3 fully saturated rings. The molecule has 1 saturated heterocycles. The molecule has 5 atom stereocenters. The normalized spacial score (nSPS) is 55.1. The molecule has 2 bridgehead atoms. The van der Waals surface area contributed by atoms with Crippen molar-refractivity contribution in [3.8, 4) is 0 Å². The summed E-state index contributed by atoms with van der Waals surface area (Å²) >= 11 is 0. The van der Waals surface area contributed by atoms with Gasteiger partial charge in [0.2, 0.25) is 0 Å². The van der Waals surface area contributed by atoms with Crippen LogP contribution in [0.5, 0.6) is 0 Å². The van der Waals surface area contributed by atoms with E-state index >= 15 is 0 Å². The molecule has 3 nitrogen and oxygen atoms in total. The van der Waals surface area contributed by atoms with Crippen LogP contribution >= 0.6 is 0 Å². The minimum absolute atomic E-state index is 0.0114. The maximum absolute atomic E-state index is 12.6. The van der Waals surface area contributed by atoms with Crippen molar-refractivity contribution in [2.75, 3.05) is 6.61 Å². The van der Waals surface area contributed by atoms with Crippen LogP contribution in [0.1, 0.15) is 27.2 Å². The summed E-state index contributed by atoms with van der Waals surface area (Å²) < 4.78 is 5.50. The second-order valence-electron chi connectivity index (χ2n) is 6.71. The molecule has 0 amide bonds. The van der Waals surface area contributed by atoms with Crippen molar-refractivity contribution in [1.29, 1.82) is 0 Å². The zero-order valence-corrected chi connectivity index (χ0v) is 10.7. The number of ketones is 1. The van der Waals surface area contributed by atoms with E-state index in [0.717, 1.165) is 6.42 Å². The summed E-state index contributed by atoms with van der Waals surface area (Å²) in [5.74, 6) is 0.111. The molecule has 1 aliphatic heterocycles. The lowest BCUT2D eigenvalue weighted by molar-refractivity contribution is -0.140. The molecule has 2 saturated carbocycles. The molecular formula is C14H20O3. The molecule has 1 heterocycles. The van der Waals surface area contributed by atoms with Crippen LogP contribution in [0.25, 0.3) is 0 Å². The van der Waals surface area contributed by atoms with Gasteiger partial charge in [-0.1, -0.05) is 26.8 Å². The molecule has 0 aromatic rings. The number of epoxide rings is 1. The van der Waals surface area contributed by atoms with E-state index < -0.39 is 17.1 Å². The molecule has 1 unspecified atom stereocenters. The van der Waals surface area contributed by atoms with Crippen LogP contribution in [0.4, 0.5) is 0 Å². The third-order valence-corrected chi connectivity index (χ3v) is 5.47.